The zero-order valence-corrected chi connectivity index (χ0v) is 12.7. The smallest absolute Gasteiger partial charge is 0.145 e. The highest BCUT2D eigenvalue weighted by molar-refractivity contribution is 6.30. The first kappa shape index (κ1) is 14.8. The van der Waals surface area contributed by atoms with Crippen molar-refractivity contribution in [3.05, 3.63) is 34.6 Å². The summed E-state index contributed by atoms with van der Waals surface area (Å²) < 4.78 is 14.3. The highest BCUT2D eigenvalue weighted by Gasteiger charge is 2.47. The summed E-state index contributed by atoms with van der Waals surface area (Å²) >= 11 is 5.94. The molecule has 0 aliphatic heterocycles. The molecule has 1 saturated carbocycles. The van der Waals surface area contributed by atoms with Crippen LogP contribution in [-0.2, 0) is 5.41 Å². The Labute approximate surface area is 120 Å². The van der Waals surface area contributed by atoms with Gasteiger partial charge in [-0.25, -0.2) is 4.39 Å². The average molecular weight is 284 g/mol. The van der Waals surface area contributed by atoms with E-state index in [2.05, 4.69) is 26.1 Å². The summed E-state index contributed by atoms with van der Waals surface area (Å²) in [5.41, 5.74) is 0.720. The van der Waals surface area contributed by atoms with Crippen LogP contribution in [0.25, 0.3) is 0 Å². The van der Waals surface area contributed by atoms with Gasteiger partial charge in [0, 0.05) is 12.0 Å². The highest BCUT2D eigenvalue weighted by atomic mass is 35.5. The molecule has 106 valence electrons. The van der Waals surface area contributed by atoms with Crippen LogP contribution >= 0.6 is 11.6 Å². The second-order valence-electron chi connectivity index (χ2n) is 6.07. The molecule has 0 spiro atoms. The van der Waals surface area contributed by atoms with Gasteiger partial charge in [0.2, 0.25) is 0 Å². The first-order valence-corrected chi connectivity index (χ1v) is 7.53. The van der Waals surface area contributed by atoms with Crippen LogP contribution in [0.5, 0.6) is 0 Å². The summed E-state index contributed by atoms with van der Waals surface area (Å²) in [4.78, 5) is 0. The van der Waals surface area contributed by atoms with Crippen LogP contribution in [0, 0.1) is 17.7 Å². The lowest BCUT2D eigenvalue weighted by molar-refractivity contribution is 0.0950. The summed E-state index contributed by atoms with van der Waals surface area (Å²) in [6, 6.07) is 5.38. The van der Waals surface area contributed by atoms with Crippen LogP contribution in [0.1, 0.15) is 39.2 Å². The zero-order chi connectivity index (χ0) is 14.0. The summed E-state index contributed by atoms with van der Waals surface area (Å²) in [6.45, 7) is 8.33. The van der Waals surface area contributed by atoms with E-state index >= 15 is 0 Å². The van der Waals surface area contributed by atoms with E-state index in [0.29, 0.717) is 11.8 Å². The van der Waals surface area contributed by atoms with Gasteiger partial charge in [-0.3, -0.25) is 0 Å². The molecule has 3 heteroatoms. The van der Waals surface area contributed by atoms with Crippen molar-refractivity contribution in [2.75, 3.05) is 13.1 Å². The molecule has 2 rings (SSSR count). The average Bonchev–Trinajstić information content (AvgIpc) is 2.32. The number of halogens is 2. The van der Waals surface area contributed by atoms with Crippen LogP contribution in [0.4, 0.5) is 4.39 Å². The Morgan fingerprint density at radius 3 is 2.68 bits per heavy atom. The maximum absolute atomic E-state index is 14.3. The predicted molar refractivity (Wildman–Crippen MR) is 79.2 cm³/mol. The van der Waals surface area contributed by atoms with E-state index in [9.17, 15) is 4.39 Å². The fourth-order valence-corrected chi connectivity index (χ4v) is 3.33. The summed E-state index contributed by atoms with van der Waals surface area (Å²) in [7, 11) is 0. The molecule has 1 fully saturated rings. The molecule has 1 aromatic carbocycles. The molecule has 0 unspecified atom stereocenters. The van der Waals surface area contributed by atoms with Crippen molar-refractivity contribution in [1.29, 1.82) is 0 Å². The molecular weight excluding hydrogens is 261 g/mol. The molecule has 0 radical (unpaired) electrons. The van der Waals surface area contributed by atoms with Crippen LogP contribution in [0.3, 0.4) is 0 Å². The predicted octanol–water partition coefficient (Wildman–Crippen LogP) is 4.39. The van der Waals surface area contributed by atoms with E-state index in [1.54, 1.807) is 6.07 Å². The van der Waals surface area contributed by atoms with Gasteiger partial charge >= 0.3 is 0 Å². The van der Waals surface area contributed by atoms with E-state index in [0.717, 1.165) is 31.5 Å². The van der Waals surface area contributed by atoms with Crippen molar-refractivity contribution in [1.82, 2.24) is 5.32 Å². The monoisotopic (exact) mass is 283 g/mol. The molecule has 19 heavy (non-hydrogen) atoms. The lowest BCUT2D eigenvalue weighted by Gasteiger charge is -2.50. The Balaban J connectivity index is 2.27. The second kappa shape index (κ2) is 5.80. The van der Waals surface area contributed by atoms with Gasteiger partial charge < -0.3 is 5.32 Å². The number of nitrogens with one attached hydrogen (secondary N) is 1. The van der Waals surface area contributed by atoms with E-state index in [4.69, 9.17) is 11.6 Å². The minimum Gasteiger partial charge on any atom is -0.316 e. The van der Waals surface area contributed by atoms with Crippen molar-refractivity contribution in [3.63, 3.8) is 0 Å². The minimum absolute atomic E-state index is 0.0695. The summed E-state index contributed by atoms with van der Waals surface area (Å²) in [5.74, 6) is 1.12. The fourth-order valence-electron chi connectivity index (χ4n) is 3.15. The largest absolute Gasteiger partial charge is 0.316 e. The van der Waals surface area contributed by atoms with Gasteiger partial charge in [0.1, 0.15) is 5.82 Å². The lowest BCUT2D eigenvalue weighted by Crippen LogP contribution is -2.50. The van der Waals surface area contributed by atoms with Crippen molar-refractivity contribution in [2.45, 2.75) is 39.0 Å². The quantitative estimate of drug-likeness (QED) is 0.845. The molecule has 0 heterocycles. The molecule has 0 aromatic heterocycles. The molecule has 1 aliphatic rings. The zero-order valence-electron chi connectivity index (χ0n) is 12.0. The van der Waals surface area contributed by atoms with Crippen LogP contribution in [0.15, 0.2) is 18.2 Å². The van der Waals surface area contributed by atoms with Gasteiger partial charge in [-0.2, -0.15) is 0 Å². The number of benzene rings is 1. The van der Waals surface area contributed by atoms with Crippen LogP contribution < -0.4 is 5.32 Å². The van der Waals surface area contributed by atoms with E-state index in [1.165, 1.54) is 0 Å². The molecule has 1 N–H and O–H groups in total. The lowest BCUT2D eigenvalue weighted by atomic mass is 9.55. The molecule has 0 bridgehead atoms. The van der Waals surface area contributed by atoms with Gasteiger partial charge in [-0.15, -0.1) is 0 Å². The maximum atomic E-state index is 14.3. The SMILES string of the molecule is CCNCC1(c2cccc(Cl)c2F)CC(C(C)C)C1. The second-order valence-corrected chi connectivity index (χ2v) is 6.48. The standard InChI is InChI=1S/C16H23ClFN/c1-4-19-10-16(8-12(9-16)11(2)3)13-6-5-7-14(17)15(13)18/h5-7,11-12,19H,4,8-10H2,1-3H3. The number of hydrogen-bond acceptors (Lipinski definition) is 1. The number of rotatable bonds is 5. The van der Waals surface area contributed by atoms with E-state index < -0.39 is 0 Å². The number of likely N-dealkylation sites (N-methyl/N-ethyl adjacent to an activating group) is 1. The van der Waals surface area contributed by atoms with Crippen molar-refractivity contribution >= 4 is 11.6 Å². The van der Waals surface area contributed by atoms with Gasteiger partial charge in [-0.1, -0.05) is 44.5 Å². The Morgan fingerprint density at radius 1 is 1.42 bits per heavy atom. The molecule has 1 aromatic rings. The summed E-state index contributed by atoms with van der Waals surface area (Å²) in [5, 5.41) is 3.62. The first-order valence-electron chi connectivity index (χ1n) is 7.15. The van der Waals surface area contributed by atoms with Crippen molar-refractivity contribution < 1.29 is 4.39 Å². The van der Waals surface area contributed by atoms with E-state index in [-0.39, 0.29) is 16.3 Å². The van der Waals surface area contributed by atoms with Gasteiger partial charge in [0.15, 0.2) is 0 Å². The number of hydrogen-bond donors (Lipinski definition) is 1. The molecule has 0 saturated heterocycles. The van der Waals surface area contributed by atoms with Gasteiger partial charge in [0.05, 0.1) is 5.02 Å². The third kappa shape index (κ3) is 2.80. The van der Waals surface area contributed by atoms with Gasteiger partial charge in [-0.05, 0) is 42.9 Å². The topological polar surface area (TPSA) is 12.0 Å². The Morgan fingerprint density at radius 2 is 2.11 bits per heavy atom. The Bertz CT molecular complexity index is 438. The van der Waals surface area contributed by atoms with Crippen LogP contribution in [-0.4, -0.2) is 13.1 Å². The van der Waals surface area contributed by atoms with Crippen LogP contribution in [0.2, 0.25) is 5.02 Å². The van der Waals surface area contributed by atoms with E-state index in [1.807, 2.05) is 12.1 Å². The van der Waals surface area contributed by atoms with Crippen molar-refractivity contribution in [2.24, 2.45) is 11.8 Å². The molecule has 1 nitrogen and oxygen atoms in total. The Hall–Kier alpha value is -0.600. The first-order chi connectivity index (χ1) is 9.00. The molecule has 1 aliphatic carbocycles. The minimum atomic E-state index is -0.232. The normalized spacial score (nSPS) is 26.5. The molecule has 0 atom stereocenters. The van der Waals surface area contributed by atoms with Crippen molar-refractivity contribution in [3.8, 4) is 0 Å². The third-order valence-electron chi connectivity index (χ3n) is 4.48. The van der Waals surface area contributed by atoms with Gasteiger partial charge in [0.25, 0.3) is 0 Å². The maximum Gasteiger partial charge on any atom is 0.145 e. The Kier molecular flexibility index (Phi) is 4.52. The fraction of sp³-hybridized carbons (Fsp3) is 0.625. The summed E-state index contributed by atoms with van der Waals surface area (Å²) in [6.07, 6.45) is 2.10. The molecular formula is C16H23ClFN. The molecule has 0 amide bonds. The highest BCUT2D eigenvalue weighted by Crippen LogP contribution is 2.51. The third-order valence-corrected chi connectivity index (χ3v) is 4.78.